The summed E-state index contributed by atoms with van der Waals surface area (Å²) in [6.45, 7) is 7.98. The zero-order valence-electron chi connectivity index (χ0n) is 16.3. The highest BCUT2D eigenvalue weighted by atomic mass is 35.5. The molecule has 0 spiro atoms. The minimum atomic E-state index is -0.139. The molecule has 3 rings (SSSR count). The maximum atomic E-state index is 12.6. The summed E-state index contributed by atoms with van der Waals surface area (Å²) in [5.41, 5.74) is 2.95. The molecule has 1 saturated heterocycles. The van der Waals surface area contributed by atoms with E-state index in [4.69, 9.17) is 11.6 Å². The van der Waals surface area contributed by atoms with Gasteiger partial charge in [0.1, 0.15) is 0 Å². The Morgan fingerprint density at radius 2 is 1.96 bits per heavy atom. The Balaban J connectivity index is 1.60. The standard InChI is InChI=1S/C20H28ClN5O/c1-4-25-8-10-26(11-9-25)18-7-5-6-17(13-18)22-20(27)24(3)15-19-12-16(21)14-23(19)2/h5-7,12-14H,4,8-11,15H2,1-3H3,(H,22,27). The summed E-state index contributed by atoms with van der Waals surface area (Å²) >= 11 is 6.02. The van der Waals surface area contributed by atoms with Crippen molar-refractivity contribution in [1.82, 2.24) is 14.4 Å². The van der Waals surface area contributed by atoms with Crippen LogP contribution in [0.25, 0.3) is 0 Å². The van der Waals surface area contributed by atoms with Gasteiger partial charge in [0.05, 0.1) is 11.6 Å². The van der Waals surface area contributed by atoms with Gasteiger partial charge in [0.2, 0.25) is 0 Å². The van der Waals surface area contributed by atoms with Crippen LogP contribution in [0, 0.1) is 0 Å². The Morgan fingerprint density at radius 3 is 2.59 bits per heavy atom. The van der Waals surface area contributed by atoms with E-state index in [1.807, 2.05) is 42.1 Å². The fourth-order valence-electron chi connectivity index (χ4n) is 3.36. The minimum Gasteiger partial charge on any atom is -0.369 e. The SMILES string of the molecule is CCN1CCN(c2cccc(NC(=O)N(C)Cc3cc(Cl)cn3C)c2)CC1. The van der Waals surface area contributed by atoms with Gasteiger partial charge in [-0.2, -0.15) is 0 Å². The number of aryl methyl sites for hydroxylation is 1. The summed E-state index contributed by atoms with van der Waals surface area (Å²) in [5, 5.41) is 3.67. The third-order valence-corrected chi connectivity index (χ3v) is 5.31. The number of halogens is 1. The van der Waals surface area contributed by atoms with Gasteiger partial charge in [-0.15, -0.1) is 0 Å². The molecule has 1 aromatic carbocycles. The van der Waals surface area contributed by atoms with Crippen LogP contribution in [0.15, 0.2) is 36.5 Å². The van der Waals surface area contributed by atoms with Crippen molar-refractivity contribution < 1.29 is 4.79 Å². The number of nitrogens with one attached hydrogen (secondary N) is 1. The van der Waals surface area contributed by atoms with Crippen molar-refractivity contribution in [3.8, 4) is 0 Å². The number of likely N-dealkylation sites (N-methyl/N-ethyl adjacent to an activating group) is 1. The average Bonchev–Trinajstić information content (AvgIpc) is 2.98. The number of aromatic nitrogens is 1. The molecule has 0 bridgehead atoms. The number of carbonyl (C=O) groups is 1. The normalized spacial score (nSPS) is 15.0. The molecule has 0 radical (unpaired) electrons. The van der Waals surface area contributed by atoms with Gasteiger partial charge in [0.15, 0.2) is 0 Å². The second-order valence-electron chi connectivity index (χ2n) is 7.02. The van der Waals surface area contributed by atoms with Gasteiger partial charge >= 0.3 is 6.03 Å². The Morgan fingerprint density at radius 1 is 1.22 bits per heavy atom. The van der Waals surface area contributed by atoms with E-state index in [9.17, 15) is 4.79 Å². The monoisotopic (exact) mass is 389 g/mol. The summed E-state index contributed by atoms with van der Waals surface area (Å²) < 4.78 is 1.93. The molecule has 2 heterocycles. The molecule has 1 fully saturated rings. The third kappa shape index (κ3) is 4.96. The molecule has 0 unspecified atom stereocenters. The Hall–Kier alpha value is -2.18. The topological polar surface area (TPSA) is 43.8 Å². The summed E-state index contributed by atoms with van der Waals surface area (Å²) in [4.78, 5) is 19.0. The van der Waals surface area contributed by atoms with E-state index in [0.717, 1.165) is 49.8 Å². The fraction of sp³-hybridized carbons (Fsp3) is 0.450. The molecule has 2 aromatic rings. The third-order valence-electron chi connectivity index (χ3n) is 5.10. The highest BCUT2D eigenvalue weighted by Crippen LogP contribution is 2.21. The second kappa shape index (κ2) is 8.67. The van der Waals surface area contributed by atoms with Crippen LogP contribution in [0.4, 0.5) is 16.2 Å². The summed E-state index contributed by atoms with van der Waals surface area (Å²) in [5.74, 6) is 0. The van der Waals surface area contributed by atoms with Gasteiger partial charge < -0.3 is 24.6 Å². The van der Waals surface area contributed by atoms with Gasteiger partial charge in [-0.25, -0.2) is 4.79 Å². The van der Waals surface area contributed by atoms with E-state index >= 15 is 0 Å². The molecule has 27 heavy (non-hydrogen) atoms. The van der Waals surface area contributed by atoms with Crippen molar-refractivity contribution in [3.05, 3.63) is 47.2 Å². The Bertz CT molecular complexity index is 782. The van der Waals surface area contributed by atoms with Crippen LogP contribution in [0.2, 0.25) is 5.02 Å². The number of nitrogens with zero attached hydrogens (tertiary/aromatic N) is 4. The largest absolute Gasteiger partial charge is 0.369 e. The van der Waals surface area contributed by atoms with Crippen molar-refractivity contribution in [2.24, 2.45) is 7.05 Å². The lowest BCUT2D eigenvalue weighted by Crippen LogP contribution is -2.46. The molecule has 0 aliphatic carbocycles. The zero-order chi connectivity index (χ0) is 19.4. The van der Waals surface area contributed by atoms with Crippen LogP contribution in [0.5, 0.6) is 0 Å². The van der Waals surface area contributed by atoms with Crippen LogP contribution in [-0.4, -0.2) is 60.2 Å². The molecule has 0 saturated carbocycles. The smallest absolute Gasteiger partial charge is 0.321 e. The number of piperazine rings is 1. The number of hydrogen-bond donors (Lipinski definition) is 1. The predicted molar refractivity (Wildman–Crippen MR) is 112 cm³/mol. The quantitative estimate of drug-likeness (QED) is 0.851. The van der Waals surface area contributed by atoms with Crippen LogP contribution < -0.4 is 10.2 Å². The second-order valence-corrected chi connectivity index (χ2v) is 7.45. The maximum Gasteiger partial charge on any atom is 0.321 e. The number of rotatable bonds is 5. The number of hydrogen-bond acceptors (Lipinski definition) is 3. The van der Waals surface area contributed by atoms with E-state index in [2.05, 4.69) is 28.1 Å². The van der Waals surface area contributed by atoms with Gasteiger partial charge in [-0.3, -0.25) is 0 Å². The number of urea groups is 1. The molecule has 6 nitrogen and oxygen atoms in total. The summed E-state index contributed by atoms with van der Waals surface area (Å²) in [6, 6.07) is 9.81. The summed E-state index contributed by atoms with van der Waals surface area (Å²) in [7, 11) is 3.71. The molecular formula is C20H28ClN5O. The molecule has 146 valence electrons. The molecule has 2 amide bonds. The number of amides is 2. The van der Waals surface area contributed by atoms with Crippen LogP contribution in [0.1, 0.15) is 12.6 Å². The first-order valence-corrected chi connectivity index (χ1v) is 9.74. The number of benzene rings is 1. The highest BCUT2D eigenvalue weighted by molar-refractivity contribution is 6.30. The first-order chi connectivity index (χ1) is 13.0. The lowest BCUT2D eigenvalue weighted by Gasteiger charge is -2.35. The molecule has 1 aromatic heterocycles. The first-order valence-electron chi connectivity index (χ1n) is 9.36. The van der Waals surface area contributed by atoms with Gasteiger partial charge in [0, 0.05) is 63.5 Å². The molecule has 7 heteroatoms. The lowest BCUT2D eigenvalue weighted by molar-refractivity contribution is 0.220. The van der Waals surface area contributed by atoms with E-state index in [1.54, 1.807) is 11.9 Å². The zero-order valence-corrected chi connectivity index (χ0v) is 17.0. The Labute approximate surface area is 166 Å². The van der Waals surface area contributed by atoms with E-state index in [-0.39, 0.29) is 6.03 Å². The van der Waals surface area contributed by atoms with Crippen molar-refractivity contribution in [2.75, 3.05) is 50.0 Å². The minimum absolute atomic E-state index is 0.139. The van der Waals surface area contributed by atoms with E-state index in [0.29, 0.717) is 11.6 Å². The van der Waals surface area contributed by atoms with Crippen molar-refractivity contribution in [1.29, 1.82) is 0 Å². The van der Waals surface area contributed by atoms with Crippen molar-refractivity contribution in [3.63, 3.8) is 0 Å². The van der Waals surface area contributed by atoms with Crippen LogP contribution in [-0.2, 0) is 13.6 Å². The molecule has 1 aliphatic rings. The van der Waals surface area contributed by atoms with Crippen LogP contribution in [0.3, 0.4) is 0 Å². The molecule has 1 N–H and O–H groups in total. The maximum absolute atomic E-state index is 12.6. The average molecular weight is 390 g/mol. The van der Waals surface area contributed by atoms with Crippen LogP contribution >= 0.6 is 11.6 Å². The highest BCUT2D eigenvalue weighted by Gasteiger charge is 2.17. The van der Waals surface area contributed by atoms with Gasteiger partial charge in [-0.05, 0) is 30.8 Å². The summed E-state index contributed by atoms with van der Waals surface area (Å²) in [6.07, 6.45) is 1.84. The molecule has 1 aliphatic heterocycles. The molecule has 0 atom stereocenters. The number of carbonyl (C=O) groups excluding carboxylic acids is 1. The van der Waals surface area contributed by atoms with Gasteiger partial charge in [0.25, 0.3) is 0 Å². The lowest BCUT2D eigenvalue weighted by atomic mass is 10.2. The van der Waals surface area contributed by atoms with E-state index < -0.39 is 0 Å². The Kier molecular flexibility index (Phi) is 6.29. The first kappa shape index (κ1) is 19.6. The number of anilines is 2. The van der Waals surface area contributed by atoms with Crippen molar-refractivity contribution in [2.45, 2.75) is 13.5 Å². The fourth-order valence-corrected chi connectivity index (χ4v) is 3.63. The van der Waals surface area contributed by atoms with Crippen molar-refractivity contribution >= 4 is 29.0 Å². The van der Waals surface area contributed by atoms with E-state index in [1.165, 1.54) is 0 Å². The van der Waals surface area contributed by atoms with Gasteiger partial charge in [-0.1, -0.05) is 24.6 Å². The predicted octanol–water partition coefficient (Wildman–Crippen LogP) is 3.48. The molecular weight excluding hydrogens is 362 g/mol.